The fourth-order valence-corrected chi connectivity index (χ4v) is 4.04. The van der Waals surface area contributed by atoms with E-state index in [-0.39, 0.29) is 17.9 Å². The van der Waals surface area contributed by atoms with Crippen molar-refractivity contribution in [3.05, 3.63) is 71.7 Å². The average Bonchev–Trinajstić information content (AvgIpc) is 3.46. The van der Waals surface area contributed by atoms with E-state index in [0.717, 1.165) is 42.3 Å². The highest BCUT2D eigenvalue weighted by molar-refractivity contribution is 6.01. The van der Waals surface area contributed by atoms with Gasteiger partial charge < -0.3 is 21.3 Å². The first-order chi connectivity index (χ1) is 15.1. The Morgan fingerprint density at radius 3 is 3.03 bits per heavy atom. The summed E-state index contributed by atoms with van der Waals surface area (Å²) in [7, 11) is 0. The van der Waals surface area contributed by atoms with Crippen LogP contribution in [0.15, 0.2) is 59.6 Å². The van der Waals surface area contributed by atoms with Crippen LogP contribution in [-0.2, 0) is 0 Å². The first kappa shape index (κ1) is 21.0. The summed E-state index contributed by atoms with van der Waals surface area (Å²) in [6.45, 7) is 2.61. The summed E-state index contributed by atoms with van der Waals surface area (Å²) < 4.78 is 13.6. The molecule has 2 aliphatic rings. The number of benzene rings is 1. The van der Waals surface area contributed by atoms with E-state index in [1.165, 1.54) is 6.07 Å². The van der Waals surface area contributed by atoms with Crippen molar-refractivity contribution in [2.45, 2.75) is 24.9 Å². The molecule has 7 nitrogen and oxygen atoms in total. The second kappa shape index (κ2) is 9.70. The largest absolute Gasteiger partial charge is 0.369 e. The number of nitrogens with zero attached hydrogens (tertiary/aromatic N) is 3. The zero-order valence-electron chi connectivity index (χ0n) is 17.4. The van der Waals surface area contributed by atoms with E-state index < -0.39 is 0 Å². The van der Waals surface area contributed by atoms with Crippen LogP contribution >= 0.6 is 0 Å². The smallest absolute Gasteiger partial charge is 0.126 e. The van der Waals surface area contributed by atoms with Gasteiger partial charge in [-0.05, 0) is 54.8 Å². The predicted octanol–water partition coefficient (Wildman–Crippen LogP) is 3.00. The molecule has 0 bridgehead atoms. The van der Waals surface area contributed by atoms with Crippen molar-refractivity contribution in [3.8, 4) is 0 Å². The van der Waals surface area contributed by atoms with Gasteiger partial charge in [0.05, 0.1) is 24.3 Å². The van der Waals surface area contributed by atoms with E-state index in [0.29, 0.717) is 25.5 Å². The Kier molecular flexibility index (Phi) is 6.57. The molecular weight excluding hydrogens is 393 g/mol. The maximum absolute atomic E-state index is 13.6. The van der Waals surface area contributed by atoms with Crippen molar-refractivity contribution < 1.29 is 4.39 Å². The number of rotatable bonds is 7. The van der Waals surface area contributed by atoms with E-state index in [2.05, 4.69) is 20.6 Å². The molecule has 2 aliphatic heterocycles. The molecule has 0 radical (unpaired) electrons. The first-order valence-corrected chi connectivity index (χ1v) is 10.6. The van der Waals surface area contributed by atoms with Crippen LogP contribution in [0, 0.1) is 11.2 Å². The van der Waals surface area contributed by atoms with E-state index in [9.17, 15) is 4.39 Å². The molecular formula is C23H28FN7. The van der Waals surface area contributed by atoms with Crippen molar-refractivity contribution in [2.75, 3.05) is 31.5 Å². The highest BCUT2D eigenvalue weighted by Crippen LogP contribution is 2.32. The van der Waals surface area contributed by atoms with Gasteiger partial charge in [-0.15, -0.1) is 0 Å². The summed E-state index contributed by atoms with van der Waals surface area (Å²) in [6.07, 6.45) is 5.50. The number of nitrogens with two attached hydrogens (primary N) is 1. The molecule has 1 aromatic heterocycles. The minimum atomic E-state index is -0.238. The lowest BCUT2D eigenvalue weighted by atomic mass is 10.0. The van der Waals surface area contributed by atoms with Gasteiger partial charge in [0, 0.05) is 19.6 Å². The van der Waals surface area contributed by atoms with Gasteiger partial charge in [-0.1, -0.05) is 18.2 Å². The van der Waals surface area contributed by atoms with Crippen LogP contribution in [0.4, 0.5) is 10.2 Å². The highest BCUT2D eigenvalue weighted by Gasteiger charge is 2.27. The SMILES string of the molecule is N=C(/C=C\C1=NCC(c2cccc(NCCN)n2)N1)N1CCCC1c1cccc(F)c1. The summed E-state index contributed by atoms with van der Waals surface area (Å²) in [6, 6.07) is 12.6. The van der Waals surface area contributed by atoms with Gasteiger partial charge in [-0.3, -0.25) is 10.4 Å². The summed E-state index contributed by atoms with van der Waals surface area (Å²) in [5.74, 6) is 1.70. The van der Waals surface area contributed by atoms with E-state index in [4.69, 9.17) is 11.1 Å². The van der Waals surface area contributed by atoms with Crippen LogP contribution in [-0.4, -0.2) is 47.7 Å². The minimum absolute atomic E-state index is 0.000268. The maximum atomic E-state index is 13.6. The van der Waals surface area contributed by atoms with E-state index in [1.54, 1.807) is 18.2 Å². The quantitative estimate of drug-likeness (QED) is 0.407. The lowest BCUT2D eigenvalue weighted by molar-refractivity contribution is 0.398. The molecule has 0 aliphatic carbocycles. The first-order valence-electron chi connectivity index (χ1n) is 10.6. The molecule has 5 N–H and O–H groups in total. The number of hydrogen-bond donors (Lipinski definition) is 4. The van der Waals surface area contributed by atoms with Gasteiger partial charge >= 0.3 is 0 Å². The Bertz CT molecular complexity index is 987. The zero-order valence-corrected chi connectivity index (χ0v) is 17.4. The Balaban J connectivity index is 1.36. The minimum Gasteiger partial charge on any atom is -0.369 e. The van der Waals surface area contributed by atoms with Crippen molar-refractivity contribution in [1.82, 2.24) is 15.2 Å². The number of likely N-dealkylation sites (tertiary alicyclic amines) is 1. The summed E-state index contributed by atoms with van der Waals surface area (Å²) in [4.78, 5) is 11.2. The predicted molar refractivity (Wildman–Crippen MR) is 122 cm³/mol. The number of pyridine rings is 1. The standard InChI is InChI=1S/C23H28FN7/c24-17-5-1-4-16(14-17)20-7-3-13-31(20)21(26)9-10-23-28-15-19(30-23)18-6-2-8-22(29-18)27-12-11-25/h1-2,4-6,8-10,14,19-20,26H,3,7,11-13,15,25H2,(H,27,29)(H,28,30)/b10-9-,26-21?. The molecule has 8 heteroatoms. The van der Waals surface area contributed by atoms with Gasteiger partial charge in [0.25, 0.3) is 0 Å². The van der Waals surface area contributed by atoms with Crippen LogP contribution in [0.1, 0.15) is 36.2 Å². The normalized spacial score (nSPS) is 20.7. The van der Waals surface area contributed by atoms with Gasteiger partial charge in [0.1, 0.15) is 23.3 Å². The number of nitrogens with one attached hydrogen (secondary N) is 3. The molecule has 2 atom stereocenters. The van der Waals surface area contributed by atoms with Gasteiger partial charge in [-0.2, -0.15) is 0 Å². The zero-order chi connectivity index (χ0) is 21.6. The molecule has 1 saturated heterocycles. The molecule has 162 valence electrons. The Labute approximate surface area is 181 Å². The number of halogens is 1. The molecule has 3 heterocycles. The second-order valence-electron chi connectivity index (χ2n) is 7.71. The van der Waals surface area contributed by atoms with Crippen molar-refractivity contribution in [1.29, 1.82) is 5.41 Å². The Morgan fingerprint density at radius 2 is 2.19 bits per heavy atom. The van der Waals surface area contributed by atoms with Crippen molar-refractivity contribution in [2.24, 2.45) is 10.7 Å². The highest BCUT2D eigenvalue weighted by atomic mass is 19.1. The number of aliphatic imine (C=N–C) groups is 1. The van der Waals surface area contributed by atoms with Gasteiger partial charge in [-0.25, -0.2) is 9.37 Å². The molecule has 1 fully saturated rings. The summed E-state index contributed by atoms with van der Waals surface area (Å²) >= 11 is 0. The van der Waals surface area contributed by atoms with Crippen LogP contribution in [0.25, 0.3) is 0 Å². The van der Waals surface area contributed by atoms with Crippen molar-refractivity contribution in [3.63, 3.8) is 0 Å². The Morgan fingerprint density at radius 1 is 1.32 bits per heavy atom. The van der Waals surface area contributed by atoms with Crippen LogP contribution in [0.3, 0.4) is 0 Å². The third-order valence-electron chi connectivity index (χ3n) is 5.54. The van der Waals surface area contributed by atoms with Crippen LogP contribution < -0.4 is 16.4 Å². The third-order valence-corrected chi connectivity index (χ3v) is 5.54. The average molecular weight is 422 g/mol. The number of aromatic nitrogens is 1. The molecule has 31 heavy (non-hydrogen) atoms. The second-order valence-corrected chi connectivity index (χ2v) is 7.71. The Hall–Kier alpha value is -3.26. The van der Waals surface area contributed by atoms with Gasteiger partial charge in [0.15, 0.2) is 0 Å². The number of hydrogen-bond acceptors (Lipinski definition) is 6. The lowest BCUT2D eigenvalue weighted by Gasteiger charge is -2.26. The number of amidine groups is 2. The molecule has 0 saturated carbocycles. The van der Waals surface area contributed by atoms with E-state index >= 15 is 0 Å². The lowest BCUT2D eigenvalue weighted by Crippen LogP contribution is -2.29. The monoisotopic (exact) mass is 421 g/mol. The maximum Gasteiger partial charge on any atom is 0.126 e. The molecule has 0 amide bonds. The fraction of sp³-hybridized carbons (Fsp3) is 0.348. The molecule has 2 unspecified atom stereocenters. The molecule has 0 spiro atoms. The summed E-state index contributed by atoms with van der Waals surface area (Å²) in [5, 5.41) is 15.1. The topological polar surface area (TPSA) is 102 Å². The number of anilines is 1. The van der Waals surface area contributed by atoms with Crippen molar-refractivity contribution >= 4 is 17.5 Å². The third kappa shape index (κ3) is 5.08. The molecule has 2 aromatic rings. The molecule has 1 aromatic carbocycles. The fourth-order valence-electron chi connectivity index (χ4n) is 4.04. The molecule has 4 rings (SSSR count). The van der Waals surface area contributed by atoms with Crippen LogP contribution in [0.2, 0.25) is 0 Å². The van der Waals surface area contributed by atoms with Crippen LogP contribution in [0.5, 0.6) is 0 Å². The summed E-state index contributed by atoms with van der Waals surface area (Å²) in [5.41, 5.74) is 7.37. The van der Waals surface area contributed by atoms with E-state index in [1.807, 2.05) is 35.2 Å². The van der Waals surface area contributed by atoms with Gasteiger partial charge in [0.2, 0.25) is 0 Å².